The molecule has 1 fully saturated rings. The molecule has 324 valence electrons. The number of hydrogen-bond donors (Lipinski definition) is 3. The number of hydrogen-bond acceptors (Lipinski definition) is 10. The van der Waals surface area contributed by atoms with Crippen LogP contribution < -0.4 is 0 Å². The average molecular weight is 813 g/mol. The maximum absolute atomic E-state index is 12.6. The number of unbranched alkanes of at least 4 members (excludes halogenated alkanes) is 15. The Morgan fingerprint density at radius 2 is 1.11 bits per heavy atom. The van der Waals surface area contributed by atoms with E-state index in [4.69, 9.17) is 23.8 Å². The van der Waals surface area contributed by atoms with Gasteiger partial charge < -0.3 is 29.3 Å². The lowest BCUT2D eigenvalue weighted by Crippen LogP contribution is -2.29. The fraction of sp³-hybridized carbons (Fsp3) is 0.773. The van der Waals surface area contributed by atoms with Crippen molar-refractivity contribution in [3.05, 3.63) is 48.6 Å². The van der Waals surface area contributed by atoms with E-state index in [2.05, 4.69) is 60.9 Å². The van der Waals surface area contributed by atoms with Crippen molar-refractivity contribution in [1.29, 1.82) is 0 Å². The first-order valence-electron chi connectivity index (χ1n) is 21.7. The summed E-state index contributed by atoms with van der Waals surface area (Å²) in [7, 11) is -4.64. The topological polar surface area (TPSA) is 161 Å². The van der Waals surface area contributed by atoms with Crippen LogP contribution in [0.3, 0.4) is 0 Å². The van der Waals surface area contributed by atoms with Crippen molar-refractivity contribution in [3.63, 3.8) is 0 Å². The van der Waals surface area contributed by atoms with Gasteiger partial charge in [0.25, 0.3) is 0 Å². The van der Waals surface area contributed by atoms with Gasteiger partial charge in [-0.2, -0.15) is 0 Å². The van der Waals surface area contributed by atoms with E-state index in [1.165, 1.54) is 57.8 Å². The van der Waals surface area contributed by atoms with E-state index >= 15 is 0 Å². The van der Waals surface area contributed by atoms with Crippen LogP contribution in [0.2, 0.25) is 0 Å². The Hall–Kier alpha value is -2.11. The van der Waals surface area contributed by atoms with Crippen LogP contribution in [0.25, 0.3) is 0 Å². The fourth-order valence-electron chi connectivity index (χ4n) is 5.84. The molecular weight excluding hydrogens is 735 g/mol. The van der Waals surface area contributed by atoms with Crippen molar-refractivity contribution in [2.24, 2.45) is 0 Å². The maximum atomic E-state index is 12.6. The van der Waals surface area contributed by atoms with Gasteiger partial charge in [-0.3, -0.25) is 18.6 Å². The molecule has 0 bridgehead atoms. The number of ether oxygens (including phenoxy) is 3. The molecule has 0 amide bonds. The third-order valence-corrected chi connectivity index (χ3v) is 10.3. The molecule has 0 radical (unpaired) electrons. The number of carbonyl (C=O) groups is 2. The molecule has 56 heavy (non-hydrogen) atoms. The van der Waals surface area contributed by atoms with Gasteiger partial charge in [0.2, 0.25) is 0 Å². The second-order valence-electron chi connectivity index (χ2n) is 14.7. The van der Waals surface area contributed by atoms with Gasteiger partial charge in [0.1, 0.15) is 12.7 Å². The molecule has 1 rings (SSSR count). The number of epoxide rings is 1. The highest BCUT2D eigenvalue weighted by Crippen LogP contribution is 2.43. The van der Waals surface area contributed by atoms with Crippen molar-refractivity contribution < 1.29 is 52.5 Å². The normalized spacial score (nSPS) is 17.9. The van der Waals surface area contributed by atoms with Crippen LogP contribution in [0.15, 0.2) is 48.6 Å². The minimum absolute atomic E-state index is 0.155. The van der Waals surface area contributed by atoms with Crippen LogP contribution in [0.4, 0.5) is 0 Å². The van der Waals surface area contributed by atoms with E-state index in [1.54, 1.807) is 0 Å². The summed E-state index contributed by atoms with van der Waals surface area (Å²) in [5.41, 5.74) is 0. The largest absolute Gasteiger partial charge is 0.472 e. The summed E-state index contributed by atoms with van der Waals surface area (Å²) < 4.78 is 38.4. The lowest BCUT2D eigenvalue weighted by molar-refractivity contribution is -0.161. The van der Waals surface area contributed by atoms with Crippen LogP contribution in [-0.2, 0) is 37.4 Å². The summed E-state index contributed by atoms with van der Waals surface area (Å²) in [6.07, 6.45) is 39.6. The zero-order valence-corrected chi connectivity index (χ0v) is 35.7. The number of esters is 2. The summed E-state index contributed by atoms with van der Waals surface area (Å²) in [5.74, 6) is -1.01. The fourth-order valence-corrected chi connectivity index (χ4v) is 6.63. The first-order valence-corrected chi connectivity index (χ1v) is 23.2. The highest BCUT2D eigenvalue weighted by molar-refractivity contribution is 7.47. The van der Waals surface area contributed by atoms with Crippen molar-refractivity contribution >= 4 is 19.8 Å². The van der Waals surface area contributed by atoms with Crippen LogP contribution in [0.5, 0.6) is 0 Å². The summed E-state index contributed by atoms with van der Waals surface area (Å²) >= 11 is 0. The molecule has 0 spiro atoms. The number of phosphoric acid groups is 1. The molecule has 11 nitrogen and oxygen atoms in total. The third-order valence-electron chi connectivity index (χ3n) is 9.36. The predicted octanol–water partition coefficient (Wildman–Crippen LogP) is 10.3. The minimum atomic E-state index is -4.64. The summed E-state index contributed by atoms with van der Waals surface area (Å²) in [6.45, 7) is 2.25. The number of aliphatic hydroxyl groups is 2. The van der Waals surface area contributed by atoms with Gasteiger partial charge in [0.05, 0.1) is 32.0 Å². The Morgan fingerprint density at radius 1 is 0.625 bits per heavy atom. The predicted molar refractivity (Wildman–Crippen MR) is 223 cm³/mol. The Balaban J connectivity index is 2.31. The SMILES string of the molecule is CCCCC/C=C\C/C=C\CC1OC1C/C=C\CCCC(=O)OC[C@H](COP(=O)(O)OC[C@@H](O)CO)OC(=O)CCCCCCC/C=C\CCCCCCCC. The Labute approximate surface area is 338 Å². The van der Waals surface area contributed by atoms with Crippen LogP contribution in [-0.4, -0.2) is 77.9 Å². The van der Waals surface area contributed by atoms with Gasteiger partial charge >= 0.3 is 19.8 Å². The molecule has 3 N–H and O–H groups in total. The molecule has 1 aliphatic heterocycles. The monoisotopic (exact) mass is 813 g/mol. The molecule has 1 heterocycles. The number of aliphatic hydroxyl groups excluding tert-OH is 2. The van der Waals surface area contributed by atoms with E-state index < -0.39 is 51.8 Å². The van der Waals surface area contributed by atoms with E-state index in [9.17, 15) is 24.2 Å². The highest BCUT2D eigenvalue weighted by Gasteiger charge is 2.36. The van der Waals surface area contributed by atoms with Gasteiger partial charge in [-0.05, 0) is 77.0 Å². The standard InChI is InChI=1S/C44H77O11P/c1-3-5-7-9-11-13-14-15-16-17-18-20-22-24-30-34-44(48)54-40(38-53-56(49,50)52-36-39(46)35-45)37-51-43(47)33-29-26-25-28-32-42-41(55-42)31-27-23-21-19-12-10-8-6-4-2/h12,15-16,19,23,25,27-28,39-42,45-46H,3-11,13-14,17-18,20-22,24,26,29-38H2,1-2H3,(H,49,50)/b16-15-,19-12-,27-23-,28-25-/t39-,40+,41?,42?/m0/s1. The molecular formula is C44H77O11P. The van der Waals surface area contributed by atoms with Crippen LogP contribution in [0.1, 0.15) is 168 Å². The van der Waals surface area contributed by atoms with Crippen molar-refractivity contribution in [2.75, 3.05) is 26.4 Å². The zero-order valence-electron chi connectivity index (χ0n) is 34.8. The number of phosphoric ester groups is 1. The lowest BCUT2D eigenvalue weighted by atomic mass is 10.1. The molecule has 1 saturated heterocycles. The smallest absolute Gasteiger partial charge is 0.462 e. The average Bonchev–Trinajstić information content (AvgIpc) is 3.94. The molecule has 1 aliphatic rings. The molecule has 12 heteroatoms. The first-order chi connectivity index (χ1) is 27.2. The molecule has 0 saturated carbocycles. The first kappa shape index (κ1) is 51.9. The Bertz CT molecular complexity index is 1140. The van der Waals surface area contributed by atoms with E-state index in [1.807, 2.05) is 6.08 Å². The summed E-state index contributed by atoms with van der Waals surface area (Å²) in [4.78, 5) is 35.0. The Kier molecular flexibility index (Phi) is 33.4. The van der Waals surface area contributed by atoms with Gasteiger partial charge in [-0.1, -0.05) is 127 Å². The number of allylic oxidation sites excluding steroid dienone is 6. The quantitative estimate of drug-likeness (QED) is 0.0178. The third kappa shape index (κ3) is 32.9. The zero-order chi connectivity index (χ0) is 41.0. The molecule has 5 atom stereocenters. The maximum Gasteiger partial charge on any atom is 0.472 e. The second kappa shape index (κ2) is 36.0. The van der Waals surface area contributed by atoms with Crippen molar-refractivity contribution in [3.8, 4) is 0 Å². The molecule has 0 aromatic rings. The van der Waals surface area contributed by atoms with E-state index in [0.717, 1.165) is 64.2 Å². The number of rotatable bonds is 39. The van der Waals surface area contributed by atoms with E-state index in [0.29, 0.717) is 19.3 Å². The van der Waals surface area contributed by atoms with Crippen LogP contribution >= 0.6 is 7.82 Å². The van der Waals surface area contributed by atoms with E-state index in [-0.39, 0.29) is 31.7 Å². The lowest BCUT2D eigenvalue weighted by Gasteiger charge is -2.20. The van der Waals surface area contributed by atoms with Gasteiger partial charge in [-0.25, -0.2) is 4.57 Å². The molecule has 0 aromatic heterocycles. The minimum Gasteiger partial charge on any atom is -0.462 e. The van der Waals surface area contributed by atoms with Crippen molar-refractivity contribution in [2.45, 2.75) is 192 Å². The van der Waals surface area contributed by atoms with Gasteiger partial charge in [0, 0.05) is 12.8 Å². The Morgan fingerprint density at radius 3 is 1.77 bits per heavy atom. The summed E-state index contributed by atoms with van der Waals surface area (Å²) in [5, 5.41) is 18.3. The molecule has 3 unspecified atom stereocenters. The molecule has 0 aliphatic carbocycles. The number of carbonyl (C=O) groups excluding carboxylic acids is 2. The highest BCUT2D eigenvalue weighted by atomic mass is 31.2. The van der Waals surface area contributed by atoms with Gasteiger partial charge in [0.15, 0.2) is 6.10 Å². The van der Waals surface area contributed by atoms with Gasteiger partial charge in [-0.15, -0.1) is 0 Å². The van der Waals surface area contributed by atoms with Crippen molar-refractivity contribution in [1.82, 2.24) is 0 Å². The second-order valence-corrected chi connectivity index (χ2v) is 16.2. The molecule has 0 aromatic carbocycles. The van der Waals surface area contributed by atoms with Crippen LogP contribution in [0, 0.1) is 0 Å². The summed E-state index contributed by atoms with van der Waals surface area (Å²) in [6, 6.07) is 0.